The number of hydrogen-bond donors (Lipinski definition) is 2. The minimum Gasteiger partial charge on any atom is -0.355 e. The Labute approximate surface area is 155 Å². The first-order valence-corrected chi connectivity index (χ1v) is 8.75. The molecule has 6 heteroatoms. The number of anilines is 3. The Kier molecular flexibility index (Phi) is 3.33. The van der Waals surface area contributed by atoms with Gasteiger partial charge in [0.15, 0.2) is 6.29 Å². The molecule has 0 bridgehead atoms. The molecule has 0 saturated heterocycles. The highest BCUT2D eigenvalue weighted by atomic mass is 16.2. The number of benzene rings is 1. The van der Waals surface area contributed by atoms with Gasteiger partial charge in [0.1, 0.15) is 11.5 Å². The SMILES string of the molecule is O=Cc1cc(Nc2ccc3c(c2)CC2(C3)C(=O)Nc3ncccc32)ccn1. The summed E-state index contributed by atoms with van der Waals surface area (Å²) in [4.78, 5) is 31.9. The van der Waals surface area contributed by atoms with Crippen LogP contribution in [0.4, 0.5) is 17.2 Å². The molecule has 1 aromatic carbocycles. The third-order valence-electron chi connectivity index (χ3n) is 5.37. The van der Waals surface area contributed by atoms with E-state index in [1.807, 2.05) is 24.3 Å². The first-order valence-electron chi connectivity index (χ1n) is 8.75. The Morgan fingerprint density at radius 2 is 1.85 bits per heavy atom. The Balaban J connectivity index is 1.47. The summed E-state index contributed by atoms with van der Waals surface area (Å²) in [6.45, 7) is 0. The fourth-order valence-corrected chi connectivity index (χ4v) is 4.10. The number of carbonyl (C=O) groups excluding carboxylic acids is 2. The third kappa shape index (κ3) is 2.41. The molecule has 3 aromatic rings. The summed E-state index contributed by atoms with van der Waals surface area (Å²) < 4.78 is 0. The van der Waals surface area contributed by atoms with Crippen molar-refractivity contribution in [1.82, 2.24) is 9.97 Å². The number of rotatable bonds is 3. The number of hydrogen-bond acceptors (Lipinski definition) is 5. The first kappa shape index (κ1) is 15.7. The number of aldehydes is 1. The zero-order valence-electron chi connectivity index (χ0n) is 14.4. The van der Waals surface area contributed by atoms with Gasteiger partial charge in [-0.05, 0) is 54.3 Å². The van der Waals surface area contributed by atoms with Crippen LogP contribution in [0.5, 0.6) is 0 Å². The van der Waals surface area contributed by atoms with Gasteiger partial charge in [-0.2, -0.15) is 0 Å². The second kappa shape index (κ2) is 5.74. The van der Waals surface area contributed by atoms with Crippen LogP contribution < -0.4 is 10.6 Å². The van der Waals surface area contributed by atoms with Gasteiger partial charge in [0.05, 0.1) is 5.41 Å². The van der Waals surface area contributed by atoms with E-state index in [0.717, 1.165) is 28.8 Å². The third-order valence-corrected chi connectivity index (χ3v) is 5.37. The molecule has 1 amide bonds. The van der Waals surface area contributed by atoms with Crippen LogP contribution in [0.1, 0.15) is 27.2 Å². The highest BCUT2D eigenvalue weighted by Crippen LogP contribution is 2.47. The van der Waals surface area contributed by atoms with Gasteiger partial charge in [0.25, 0.3) is 0 Å². The van der Waals surface area contributed by atoms with Crippen molar-refractivity contribution in [3.05, 3.63) is 77.2 Å². The molecule has 3 heterocycles. The molecule has 5 rings (SSSR count). The largest absolute Gasteiger partial charge is 0.355 e. The van der Waals surface area contributed by atoms with Crippen molar-refractivity contribution in [3.63, 3.8) is 0 Å². The van der Waals surface area contributed by atoms with Gasteiger partial charge in [-0.3, -0.25) is 14.6 Å². The lowest BCUT2D eigenvalue weighted by Gasteiger charge is -2.20. The molecule has 0 radical (unpaired) electrons. The molecule has 2 N–H and O–H groups in total. The number of aromatic nitrogens is 2. The molecule has 2 aliphatic rings. The number of nitrogens with zero attached hydrogens (tertiary/aromatic N) is 2. The van der Waals surface area contributed by atoms with E-state index in [1.54, 1.807) is 18.5 Å². The lowest BCUT2D eigenvalue weighted by molar-refractivity contribution is -0.120. The van der Waals surface area contributed by atoms with Crippen molar-refractivity contribution in [3.8, 4) is 0 Å². The van der Waals surface area contributed by atoms with Crippen LogP contribution in [-0.4, -0.2) is 22.2 Å². The molecular formula is C21H16N4O2. The number of amides is 1. The average Bonchev–Trinajstić information content (AvgIpc) is 3.20. The van der Waals surface area contributed by atoms with Gasteiger partial charge in [-0.1, -0.05) is 12.1 Å². The highest BCUT2D eigenvalue weighted by molar-refractivity contribution is 6.06. The molecule has 0 fully saturated rings. The molecule has 1 unspecified atom stereocenters. The summed E-state index contributed by atoms with van der Waals surface area (Å²) in [5.74, 6) is 0.693. The van der Waals surface area contributed by atoms with E-state index in [1.165, 1.54) is 5.56 Å². The smallest absolute Gasteiger partial charge is 0.237 e. The first-order chi connectivity index (χ1) is 13.2. The highest BCUT2D eigenvalue weighted by Gasteiger charge is 2.50. The Bertz CT molecular complexity index is 1100. The van der Waals surface area contributed by atoms with Gasteiger partial charge in [0, 0.05) is 29.3 Å². The average molecular weight is 356 g/mol. The van der Waals surface area contributed by atoms with Crippen molar-refractivity contribution < 1.29 is 9.59 Å². The quantitative estimate of drug-likeness (QED) is 0.705. The molecule has 132 valence electrons. The summed E-state index contributed by atoms with van der Waals surface area (Å²) in [5, 5.41) is 6.23. The zero-order chi connectivity index (χ0) is 18.4. The Hall–Kier alpha value is -3.54. The van der Waals surface area contributed by atoms with Crippen molar-refractivity contribution in [1.29, 1.82) is 0 Å². The van der Waals surface area contributed by atoms with Crippen molar-refractivity contribution in [2.45, 2.75) is 18.3 Å². The van der Waals surface area contributed by atoms with Crippen LogP contribution in [-0.2, 0) is 23.1 Å². The molecule has 6 nitrogen and oxygen atoms in total. The molecule has 2 aromatic heterocycles. The lowest BCUT2D eigenvalue weighted by atomic mass is 9.79. The van der Waals surface area contributed by atoms with Crippen molar-refractivity contribution in [2.75, 3.05) is 10.6 Å². The molecule has 0 saturated carbocycles. The van der Waals surface area contributed by atoms with Crippen LogP contribution in [0.25, 0.3) is 0 Å². The maximum absolute atomic E-state index is 12.8. The van der Waals surface area contributed by atoms with E-state index in [9.17, 15) is 9.59 Å². The second-order valence-electron chi connectivity index (χ2n) is 6.99. The second-order valence-corrected chi connectivity index (χ2v) is 6.99. The predicted octanol–water partition coefficient (Wildman–Crippen LogP) is 3.02. The zero-order valence-corrected chi connectivity index (χ0v) is 14.4. The molecular weight excluding hydrogens is 340 g/mol. The van der Waals surface area contributed by atoms with E-state index in [4.69, 9.17) is 0 Å². The van der Waals surface area contributed by atoms with Crippen molar-refractivity contribution >= 4 is 29.4 Å². The fraction of sp³-hybridized carbons (Fsp3) is 0.143. The van der Waals surface area contributed by atoms with E-state index in [-0.39, 0.29) is 5.91 Å². The number of carbonyl (C=O) groups is 2. The summed E-state index contributed by atoms with van der Waals surface area (Å²) in [6.07, 6.45) is 5.35. The van der Waals surface area contributed by atoms with Gasteiger partial charge in [-0.15, -0.1) is 0 Å². The molecule has 1 spiro atoms. The van der Waals surface area contributed by atoms with Crippen LogP contribution in [0.2, 0.25) is 0 Å². The molecule has 27 heavy (non-hydrogen) atoms. The maximum Gasteiger partial charge on any atom is 0.237 e. The van der Waals surface area contributed by atoms with Crippen LogP contribution in [0.3, 0.4) is 0 Å². The predicted molar refractivity (Wildman–Crippen MR) is 101 cm³/mol. The molecule has 1 aliphatic heterocycles. The standard InChI is InChI=1S/C21H16N4O2/c26-12-17-9-16(5-7-22-17)24-15-4-3-13-10-21(11-14(13)8-15)18-2-1-6-23-19(18)25-20(21)27/h1-9,12H,10-11H2,(H,22,24)(H,23,25,27). The monoisotopic (exact) mass is 356 g/mol. The molecule has 1 atom stereocenters. The van der Waals surface area contributed by atoms with Gasteiger partial charge in [-0.25, -0.2) is 4.98 Å². The fourth-order valence-electron chi connectivity index (χ4n) is 4.10. The van der Waals surface area contributed by atoms with Crippen molar-refractivity contribution in [2.24, 2.45) is 0 Å². The summed E-state index contributed by atoms with van der Waals surface area (Å²) in [6, 6.07) is 13.5. The van der Waals surface area contributed by atoms with E-state index in [2.05, 4.69) is 32.7 Å². The summed E-state index contributed by atoms with van der Waals surface area (Å²) in [7, 11) is 0. The topological polar surface area (TPSA) is 84.0 Å². The summed E-state index contributed by atoms with van der Waals surface area (Å²) >= 11 is 0. The summed E-state index contributed by atoms with van der Waals surface area (Å²) in [5.41, 5.74) is 4.84. The van der Waals surface area contributed by atoms with E-state index >= 15 is 0 Å². The van der Waals surface area contributed by atoms with E-state index in [0.29, 0.717) is 24.4 Å². The van der Waals surface area contributed by atoms with Gasteiger partial charge >= 0.3 is 0 Å². The minimum atomic E-state index is -0.564. The van der Waals surface area contributed by atoms with Crippen LogP contribution >= 0.6 is 0 Å². The Morgan fingerprint density at radius 3 is 2.74 bits per heavy atom. The van der Waals surface area contributed by atoms with Gasteiger partial charge in [0.2, 0.25) is 5.91 Å². The van der Waals surface area contributed by atoms with Gasteiger partial charge < -0.3 is 10.6 Å². The lowest BCUT2D eigenvalue weighted by Crippen LogP contribution is -2.35. The maximum atomic E-state index is 12.8. The minimum absolute atomic E-state index is 0.0201. The van der Waals surface area contributed by atoms with Crippen LogP contribution in [0.15, 0.2) is 54.9 Å². The number of fused-ring (bicyclic) bond motifs is 3. The van der Waals surface area contributed by atoms with Crippen LogP contribution in [0, 0.1) is 0 Å². The normalized spacial score (nSPS) is 19.5. The number of pyridine rings is 2. The number of nitrogens with one attached hydrogen (secondary N) is 2. The molecule has 1 aliphatic carbocycles. The van der Waals surface area contributed by atoms with E-state index < -0.39 is 5.41 Å². The Morgan fingerprint density at radius 1 is 1.00 bits per heavy atom.